The maximum Gasteiger partial charge on any atom is 0.235 e. The number of aromatic nitrogens is 2. The molecule has 0 N–H and O–H groups in total. The van der Waals surface area contributed by atoms with Crippen LogP contribution in [0.1, 0.15) is 19.4 Å². The number of hydrogen-bond acceptors (Lipinski definition) is 3. The third kappa shape index (κ3) is 4.63. The largest absolute Gasteiger partial charge is 0.340 e. The van der Waals surface area contributed by atoms with Crippen LogP contribution < -0.4 is 0 Å². The fourth-order valence-corrected chi connectivity index (χ4v) is 3.16. The van der Waals surface area contributed by atoms with Gasteiger partial charge in [-0.25, -0.2) is 0 Å². The molecule has 0 aliphatic carbocycles. The average Bonchev–Trinajstić information content (AvgIpc) is 3.03. The molecule has 0 unspecified atom stereocenters. The molecule has 2 rings (SSSR count). The normalized spacial score (nSPS) is 12.1. The predicted octanol–water partition coefficient (Wildman–Crippen LogP) is 3.22. The van der Waals surface area contributed by atoms with Crippen molar-refractivity contribution in [2.45, 2.75) is 37.5 Å². The summed E-state index contributed by atoms with van der Waals surface area (Å²) < 4.78 is 1.85. The number of nitrogens with zero attached hydrogens (tertiary/aromatic N) is 3. The molecule has 0 spiro atoms. The van der Waals surface area contributed by atoms with Gasteiger partial charge in [0, 0.05) is 30.4 Å². The summed E-state index contributed by atoms with van der Waals surface area (Å²) in [4.78, 5) is 15.6. The summed E-state index contributed by atoms with van der Waals surface area (Å²) in [5.74, 6) is 0.181. The summed E-state index contributed by atoms with van der Waals surface area (Å²) in [5, 5.41) is 4.09. The minimum atomic E-state index is -0.0831. The molecule has 5 heteroatoms. The lowest BCUT2D eigenvalue weighted by molar-refractivity contribution is -0.130. The highest BCUT2D eigenvalue weighted by atomic mass is 32.2. The van der Waals surface area contributed by atoms with E-state index in [1.807, 2.05) is 35.7 Å². The molecular formula is C17H23N3OS. The van der Waals surface area contributed by atoms with Crippen molar-refractivity contribution in [1.82, 2.24) is 14.7 Å². The molecular weight excluding hydrogens is 294 g/mol. The number of thioether (sulfide) groups is 1. The Morgan fingerprint density at radius 2 is 2.09 bits per heavy atom. The van der Waals surface area contributed by atoms with E-state index < -0.39 is 0 Å². The van der Waals surface area contributed by atoms with Gasteiger partial charge in [-0.1, -0.05) is 17.7 Å². The number of carbonyl (C=O) groups is 1. The fourth-order valence-electron chi connectivity index (χ4n) is 2.21. The lowest BCUT2D eigenvalue weighted by atomic mass is 10.2. The van der Waals surface area contributed by atoms with Gasteiger partial charge in [-0.2, -0.15) is 5.10 Å². The summed E-state index contributed by atoms with van der Waals surface area (Å²) >= 11 is 1.61. The Morgan fingerprint density at radius 3 is 2.68 bits per heavy atom. The molecule has 1 aromatic heterocycles. The van der Waals surface area contributed by atoms with Crippen LogP contribution in [0.25, 0.3) is 0 Å². The van der Waals surface area contributed by atoms with Gasteiger partial charge in [0.25, 0.3) is 0 Å². The van der Waals surface area contributed by atoms with E-state index in [1.54, 1.807) is 18.0 Å². The smallest absolute Gasteiger partial charge is 0.235 e. The SMILES string of the molecule is CCN(CCn1cccn1)C(=O)[C@H](C)Sc1ccc(C)cc1. The minimum absolute atomic E-state index is 0.0831. The van der Waals surface area contributed by atoms with E-state index in [4.69, 9.17) is 0 Å². The molecule has 0 aliphatic heterocycles. The second-order valence-electron chi connectivity index (χ2n) is 5.26. The first-order valence-electron chi connectivity index (χ1n) is 7.59. The van der Waals surface area contributed by atoms with Gasteiger partial charge in [-0.05, 0) is 39.0 Å². The third-order valence-electron chi connectivity index (χ3n) is 3.53. The number of likely N-dealkylation sites (N-methyl/N-ethyl adjacent to an activating group) is 1. The Bertz CT molecular complexity index is 580. The van der Waals surface area contributed by atoms with Gasteiger partial charge in [0.2, 0.25) is 5.91 Å². The van der Waals surface area contributed by atoms with Crippen LogP contribution in [0, 0.1) is 6.92 Å². The average molecular weight is 317 g/mol. The van der Waals surface area contributed by atoms with Crippen molar-refractivity contribution in [2.75, 3.05) is 13.1 Å². The number of carbonyl (C=O) groups excluding carboxylic acids is 1. The highest BCUT2D eigenvalue weighted by molar-refractivity contribution is 8.00. The van der Waals surface area contributed by atoms with Crippen LogP contribution in [0.2, 0.25) is 0 Å². The summed E-state index contributed by atoms with van der Waals surface area (Å²) in [7, 11) is 0. The molecule has 1 aromatic carbocycles. The van der Waals surface area contributed by atoms with Crippen molar-refractivity contribution in [2.24, 2.45) is 0 Å². The highest BCUT2D eigenvalue weighted by Gasteiger charge is 2.20. The van der Waals surface area contributed by atoms with Crippen LogP contribution in [0.3, 0.4) is 0 Å². The maximum absolute atomic E-state index is 12.6. The van der Waals surface area contributed by atoms with Crippen molar-refractivity contribution in [3.63, 3.8) is 0 Å². The van der Waals surface area contributed by atoms with Crippen LogP contribution in [0.5, 0.6) is 0 Å². The van der Waals surface area contributed by atoms with Gasteiger partial charge >= 0.3 is 0 Å². The summed E-state index contributed by atoms with van der Waals surface area (Å²) in [6.45, 7) is 8.20. The Morgan fingerprint density at radius 1 is 1.36 bits per heavy atom. The zero-order valence-electron chi connectivity index (χ0n) is 13.4. The van der Waals surface area contributed by atoms with Crippen LogP contribution in [-0.4, -0.2) is 38.9 Å². The first-order valence-corrected chi connectivity index (χ1v) is 8.47. The van der Waals surface area contributed by atoms with E-state index in [-0.39, 0.29) is 11.2 Å². The second kappa shape index (κ2) is 8.03. The molecule has 0 radical (unpaired) electrons. The molecule has 22 heavy (non-hydrogen) atoms. The fraction of sp³-hybridized carbons (Fsp3) is 0.412. The quantitative estimate of drug-likeness (QED) is 0.736. The Labute approximate surface area is 136 Å². The van der Waals surface area contributed by atoms with E-state index in [0.29, 0.717) is 6.54 Å². The molecule has 2 aromatic rings. The van der Waals surface area contributed by atoms with Crippen molar-refractivity contribution in [3.05, 3.63) is 48.3 Å². The highest BCUT2D eigenvalue weighted by Crippen LogP contribution is 2.24. The lowest BCUT2D eigenvalue weighted by Gasteiger charge is -2.24. The zero-order chi connectivity index (χ0) is 15.9. The van der Waals surface area contributed by atoms with Crippen molar-refractivity contribution >= 4 is 17.7 Å². The molecule has 1 amide bonds. The van der Waals surface area contributed by atoms with Crippen LogP contribution in [0.15, 0.2) is 47.6 Å². The lowest BCUT2D eigenvalue weighted by Crippen LogP contribution is -2.38. The maximum atomic E-state index is 12.6. The van der Waals surface area contributed by atoms with E-state index in [9.17, 15) is 4.79 Å². The first kappa shape index (κ1) is 16.6. The van der Waals surface area contributed by atoms with Crippen LogP contribution in [-0.2, 0) is 11.3 Å². The first-order chi connectivity index (χ1) is 10.6. The molecule has 0 saturated carbocycles. The number of benzene rings is 1. The van der Waals surface area contributed by atoms with Crippen molar-refractivity contribution in [3.8, 4) is 0 Å². The van der Waals surface area contributed by atoms with Gasteiger partial charge in [0.15, 0.2) is 0 Å². The molecule has 0 bridgehead atoms. The number of amides is 1. The number of aryl methyl sites for hydroxylation is 1. The minimum Gasteiger partial charge on any atom is -0.340 e. The van der Waals surface area contributed by atoms with E-state index in [1.165, 1.54) is 5.56 Å². The molecule has 0 fully saturated rings. The Hall–Kier alpha value is -1.75. The second-order valence-corrected chi connectivity index (χ2v) is 6.67. The molecule has 1 heterocycles. The van der Waals surface area contributed by atoms with Crippen LogP contribution in [0.4, 0.5) is 0 Å². The predicted molar refractivity (Wildman–Crippen MR) is 91.0 cm³/mol. The third-order valence-corrected chi connectivity index (χ3v) is 4.63. The van der Waals surface area contributed by atoms with Crippen molar-refractivity contribution < 1.29 is 4.79 Å². The number of hydrogen-bond donors (Lipinski definition) is 0. The molecule has 0 saturated heterocycles. The molecule has 0 aliphatic rings. The molecule has 118 valence electrons. The van der Waals surface area contributed by atoms with Gasteiger partial charge < -0.3 is 4.90 Å². The zero-order valence-corrected chi connectivity index (χ0v) is 14.2. The van der Waals surface area contributed by atoms with Gasteiger partial charge in [0.05, 0.1) is 11.8 Å². The van der Waals surface area contributed by atoms with E-state index in [2.05, 4.69) is 36.3 Å². The molecule has 4 nitrogen and oxygen atoms in total. The summed E-state index contributed by atoms with van der Waals surface area (Å²) in [6.07, 6.45) is 3.68. The summed E-state index contributed by atoms with van der Waals surface area (Å²) in [6, 6.07) is 10.2. The Balaban J connectivity index is 1.90. The topological polar surface area (TPSA) is 38.1 Å². The molecule has 1 atom stereocenters. The van der Waals surface area contributed by atoms with E-state index in [0.717, 1.165) is 18.0 Å². The monoisotopic (exact) mass is 317 g/mol. The number of rotatable bonds is 7. The van der Waals surface area contributed by atoms with Crippen molar-refractivity contribution in [1.29, 1.82) is 0 Å². The van der Waals surface area contributed by atoms with Crippen LogP contribution >= 0.6 is 11.8 Å². The Kier molecular flexibility index (Phi) is 6.07. The van der Waals surface area contributed by atoms with Gasteiger partial charge in [0.1, 0.15) is 0 Å². The van der Waals surface area contributed by atoms with Gasteiger partial charge in [-0.3, -0.25) is 9.48 Å². The summed E-state index contributed by atoms with van der Waals surface area (Å²) in [5.41, 5.74) is 1.23. The van der Waals surface area contributed by atoms with Gasteiger partial charge in [-0.15, -0.1) is 11.8 Å². The standard InChI is InChI=1S/C17H23N3OS/c1-4-19(12-13-20-11-5-10-18-20)17(21)15(3)22-16-8-6-14(2)7-9-16/h5-11,15H,4,12-13H2,1-3H3/t15-/m0/s1. The van der Waals surface area contributed by atoms with E-state index >= 15 is 0 Å².